The lowest BCUT2D eigenvalue weighted by atomic mass is 9.94. The monoisotopic (exact) mass is 446 g/mol. The smallest absolute Gasteiger partial charge is 0.166 e. The van der Waals surface area contributed by atoms with E-state index >= 15 is 0 Å². The maximum Gasteiger partial charge on any atom is 0.166 e. The number of aromatic nitrogens is 4. The number of imidazole rings is 1. The van der Waals surface area contributed by atoms with Gasteiger partial charge in [-0.15, -0.1) is 0 Å². The number of hydrogen-bond donors (Lipinski definition) is 0. The molecule has 9 rings (SSSR count). The average Bonchev–Trinajstić information content (AvgIpc) is 3.59. The molecule has 4 heteroatoms. The van der Waals surface area contributed by atoms with Gasteiger partial charge in [-0.25, -0.2) is 15.0 Å². The summed E-state index contributed by atoms with van der Waals surface area (Å²) in [4.78, 5) is 14.6. The van der Waals surface area contributed by atoms with Gasteiger partial charge in [0.05, 0.1) is 0 Å². The number of rotatable bonds is 0. The third-order valence-electron chi connectivity index (χ3n) is 7.96. The third kappa shape index (κ3) is 2.11. The van der Waals surface area contributed by atoms with Crippen molar-refractivity contribution >= 4 is 38.6 Å². The molecule has 0 unspecified atom stereocenters. The van der Waals surface area contributed by atoms with Crippen LogP contribution < -0.4 is 0 Å². The molecule has 0 aliphatic heterocycles. The second-order valence-electron chi connectivity index (χ2n) is 9.64. The van der Waals surface area contributed by atoms with Gasteiger partial charge in [-0.05, 0) is 87.0 Å². The Morgan fingerprint density at radius 1 is 0.571 bits per heavy atom. The highest BCUT2D eigenvalue weighted by atomic mass is 15.1. The predicted octanol–water partition coefficient (Wildman–Crippen LogP) is 6.73. The summed E-state index contributed by atoms with van der Waals surface area (Å²) >= 11 is 0. The van der Waals surface area contributed by atoms with Crippen molar-refractivity contribution < 1.29 is 0 Å². The van der Waals surface area contributed by atoms with Crippen LogP contribution in [0.4, 0.5) is 0 Å². The number of nitrogens with zero attached hydrogens (tertiary/aromatic N) is 4. The second-order valence-corrected chi connectivity index (χ2v) is 9.64. The molecule has 2 aliphatic rings. The molecule has 2 aliphatic carbocycles. The van der Waals surface area contributed by atoms with Crippen molar-refractivity contribution in [2.75, 3.05) is 0 Å². The topological polar surface area (TPSA) is 43.1 Å². The van der Waals surface area contributed by atoms with Gasteiger partial charge < -0.3 is 0 Å². The van der Waals surface area contributed by atoms with Crippen LogP contribution in [0, 0.1) is 0 Å². The number of fused-ring (bicyclic) bond motifs is 16. The summed E-state index contributed by atoms with van der Waals surface area (Å²) in [6.45, 7) is 0. The lowest BCUT2D eigenvalue weighted by molar-refractivity contribution is 1.16. The molecule has 0 saturated heterocycles. The minimum absolute atomic E-state index is 0.855. The van der Waals surface area contributed by atoms with Gasteiger partial charge in [-0.3, -0.25) is 4.40 Å². The van der Waals surface area contributed by atoms with Crippen molar-refractivity contribution in [2.24, 2.45) is 0 Å². The molecule has 0 bridgehead atoms. The molecule has 4 heterocycles. The highest BCUT2D eigenvalue weighted by molar-refractivity contribution is 6.19. The molecule has 7 aromatic rings. The van der Waals surface area contributed by atoms with Gasteiger partial charge in [-0.1, -0.05) is 48.5 Å². The van der Waals surface area contributed by atoms with Crippen LogP contribution >= 0.6 is 0 Å². The molecule has 0 spiro atoms. The lowest BCUT2D eigenvalue weighted by Crippen LogP contribution is -1.96. The van der Waals surface area contributed by atoms with Gasteiger partial charge in [-0.2, -0.15) is 0 Å². The molecule has 162 valence electrons. The van der Waals surface area contributed by atoms with Gasteiger partial charge in [0, 0.05) is 23.2 Å². The minimum atomic E-state index is 0.855. The maximum atomic E-state index is 5.11. The summed E-state index contributed by atoms with van der Waals surface area (Å²) in [6, 6.07) is 26.3. The molecule has 0 saturated carbocycles. The van der Waals surface area contributed by atoms with Gasteiger partial charge >= 0.3 is 0 Å². The molecular weight excluding hydrogens is 428 g/mol. The van der Waals surface area contributed by atoms with E-state index in [1.165, 1.54) is 55.3 Å². The fourth-order valence-corrected chi connectivity index (χ4v) is 6.53. The zero-order chi connectivity index (χ0) is 22.7. The average molecular weight is 447 g/mol. The van der Waals surface area contributed by atoms with Crippen LogP contribution in [0.2, 0.25) is 0 Å². The van der Waals surface area contributed by atoms with Crippen molar-refractivity contribution in [3.05, 3.63) is 107 Å². The first kappa shape index (κ1) is 17.8. The van der Waals surface area contributed by atoms with Gasteiger partial charge in [0.1, 0.15) is 16.8 Å². The van der Waals surface area contributed by atoms with Crippen molar-refractivity contribution in [1.82, 2.24) is 19.4 Å². The Bertz CT molecular complexity index is 2070. The molecule has 0 amide bonds. The molecule has 0 N–H and O–H groups in total. The number of pyridine rings is 3. The normalized spacial score (nSPS) is 13.5. The van der Waals surface area contributed by atoms with Crippen molar-refractivity contribution in [3.8, 4) is 22.3 Å². The molecule has 0 radical (unpaired) electrons. The molecule has 4 nitrogen and oxygen atoms in total. The molecular formula is C31H18N4. The highest BCUT2D eigenvalue weighted by Crippen LogP contribution is 2.49. The summed E-state index contributed by atoms with van der Waals surface area (Å²) < 4.78 is 2.15. The summed E-state index contributed by atoms with van der Waals surface area (Å²) in [5.41, 5.74) is 14.8. The molecule has 0 fully saturated rings. The summed E-state index contributed by atoms with van der Waals surface area (Å²) in [6.07, 6.45) is 5.67. The standard InChI is InChI=1S/C31H18N4/c1-2-6-19-17(5-1)15-24-20(19)11-12-22-25(24)16-18-9-10-21-23-7-3-13-32-29(23)35-30-26(8-4-14-33-30)34-31(35)28(21)27(18)22/h1-14H,15-16H2. The lowest BCUT2D eigenvalue weighted by Gasteiger charge is -2.12. The van der Waals surface area contributed by atoms with Crippen LogP contribution in [-0.4, -0.2) is 19.4 Å². The van der Waals surface area contributed by atoms with Crippen LogP contribution in [0.25, 0.3) is 60.9 Å². The molecule has 35 heavy (non-hydrogen) atoms. The van der Waals surface area contributed by atoms with E-state index < -0.39 is 0 Å². The Hall–Kier alpha value is -4.57. The van der Waals surface area contributed by atoms with Crippen molar-refractivity contribution in [2.45, 2.75) is 12.8 Å². The number of hydrogen-bond acceptors (Lipinski definition) is 3. The molecule has 0 atom stereocenters. The molecule has 3 aromatic carbocycles. The van der Waals surface area contributed by atoms with Crippen LogP contribution in [0.1, 0.15) is 22.3 Å². The Kier molecular flexibility index (Phi) is 3.11. The van der Waals surface area contributed by atoms with E-state index in [4.69, 9.17) is 15.0 Å². The number of benzene rings is 3. The quantitative estimate of drug-likeness (QED) is 0.243. The van der Waals surface area contributed by atoms with Gasteiger partial charge in [0.15, 0.2) is 5.65 Å². The van der Waals surface area contributed by atoms with E-state index in [0.717, 1.165) is 40.7 Å². The van der Waals surface area contributed by atoms with E-state index in [9.17, 15) is 0 Å². The summed E-state index contributed by atoms with van der Waals surface area (Å²) in [7, 11) is 0. The predicted molar refractivity (Wildman–Crippen MR) is 140 cm³/mol. The fourth-order valence-electron chi connectivity index (χ4n) is 6.53. The second kappa shape index (κ2) is 6.10. The largest absolute Gasteiger partial charge is 0.260 e. The Morgan fingerprint density at radius 3 is 2.34 bits per heavy atom. The van der Waals surface area contributed by atoms with Crippen LogP contribution in [-0.2, 0) is 12.8 Å². The van der Waals surface area contributed by atoms with E-state index in [0.29, 0.717) is 0 Å². The van der Waals surface area contributed by atoms with Crippen LogP contribution in [0.3, 0.4) is 0 Å². The Balaban J connectivity index is 1.45. The summed E-state index contributed by atoms with van der Waals surface area (Å²) in [5.74, 6) is 0. The summed E-state index contributed by atoms with van der Waals surface area (Å²) in [5, 5.41) is 3.53. The highest BCUT2D eigenvalue weighted by Gasteiger charge is 2.30. The van der Waals surface area contributed by atoms with Crippen LogP contribution in [0.15, 0.2) is 85.2 Å². The van der Waals surface area contributed by atoms with Gasteiger partial charge in [0.2, 0.25) is 0 Å². The van der Waals surface area contributed by atoms with Crippen LogP contribution in [0.5, 0.6) is 0 Å². The third-order valence-corrected chi connectivity index (χ3v) is 7.96. The van der Waals surface area contributed by atoms with E-state index in [1.807, 2.05) is 30.6 Å². The SMILES string of the molecule is c1ccc2c(c1)Cc1c-2ccc2c1Cc1ccc3c4cccnc4n4c5ncccc5nc4c3c1-2. The van der Waals surface area contributed by atoms with E-state index in [1.54, 1.807) is 0 Å². The maximum absolute atomic E-state index is 5.11. The van der Waals surface area contributed by atoms with Crippen molar-refractivity contribution in [1.29, 1.82) is 0 Å². The minimum Gasteiger partial charge on any atom is -0.260 e. The van der Waals surface area contributed by atoms with Gasteiger partial charge in [0.25, 0.3) is 0 Å². The van der Waals surface area contributed by atoms with E-state index in [2.05, 4.69) is 59.0 Å². The first-order valence-corrected chi connectivity index (χ1v) is 12.1. The van der Waals surface area contributed by atoms with Crippen molar-refractivity contribution in [3.63, 3.8) is 0 Å². The molecule has 4 aromatic heterocycles. The first-order valence-electron chi connectivity index (χ1n) is 12.1. The zero-order valence-corrected chi connectivity index (χ0v) is 18.8. The Labute approximate surface area is 200 Å². The fraction of sp³-hybridized carbons (Fsp3) is 0.0645. The van der Waals surface area contributed by atoms with E-state index in [-0.39, 0.29) is 0 Å². The zero-order valence-electron chi connectivity index (χ0n) is 18.8. The Morgan fingerprint density at radius 2 is 1.37 bits per heavy atom. The first-order chi connectivity index (χ1) is 17.4.